The molecule has 5 heteroatoms. The maximum atomic E-state index is 5.53. The van der Waals surface area contributed by atoms with Crippen molar-refractivity contribution < 1.29 is 4.42 Å². The summed E-state index contributed by atoms with van der Waals surface area (Å²) in [7, 11) is 0. The molecule has 3 heterocycles. The Bertz CT molecular complexity index is 819. The molecule has 0 fully saturated rings. The lowest BCUT2D eigenvalue weighted by molar-refractivity contribution is 0.598. The number of fused-ring (bicyclic) bond motifs is 2. The van der Waals surface area contributed by atoms with Crippen LogP contribution in [0.5, 0.6) is 0 Å². The predicted molar refractivity (Wildman–Crippen MR) is 79.7 cm³/mol. The van der Waals surface area contributed by atoms with E-state index < -0.39 is 0 Å². The Morgan fingerprint density at radius 2 is 1.90 bits per heavy atom. The number of nitrogens with one attached hydrogen (secondary N) is 1. The van der Waals surface area contributed by atoms with Crippen molar-refractivity contribution in [2.75, 3.05) is 0 Å². The zero-order chi connectivity index (χ0) is 14.1. The minimum Gasteiger partial charge on any atom is -0.464 e. The largest absolute Gasteiger partial charge is 0.464 e. The zero-order valence-corrected chi connectivity index (χ0v) is 11.4. The van der Waals surface area contributed by atoms with Gasteiger partial charge in [0.2, 0.25) is 0 Å². The van der Waals surface area contributed by atoms with Crippen LogP contribution in [-0.4, -0.2) is 14.6 Å². The van der Waals surface area contributed by atoms with Crippen molar-refractivity contribution in [2.45, 2.75) is 13.1 Å². The molecular formula is C16H14N4O. The van der Waals surface area contributed by atoms with Crippen molar-refractivity contribution in [1.29, 1.82) is 0 Å². The third-order valence-corrected chi connectivity index (χ3v) is 3.54. The number of benzene rings is 1. The molecule has 0 saturated heterocycles. The fourth-order valence-electron chi connectivity index (χ4n) is 2.49. The average molecular weight is 278 g/mol. The van der Waals surface area contributed by atoms with Crippen LogP contribution in [-0.2, 0) is 13.1 Å². The van der Waals surface area contributed by atoms with Gasteiger partial charge in [0, 0.05) is 23.7 Å². The van der Waals surface area contributed by atoms with Crippen molar-refractivity contribution in [3.8, 4) is 0 Å². The summed E-state index contributed by atoms with van der Waals surface area (Å²) < 4.78 is 7.52. The zero-order valence-electron chi connectivity index (χ0n) is 11.4. The second kappa shape index (κ2) is 5.03. The highest BCUT2D eigenvalue weighted by Crippen LogP contribution is 2.20. The fraction of sp³-hybridized carbons (Fsp3) is 0.125. The third-order valence-electron chi connectivity index (χ3n) is 3.54. The summed E-state index contributed by atoms with van der Waals surface area (Å²) in [6.07, 6.45) is 3.78. The molecule has 0 atom stereocenters. The van der Waals surface area contributed by atoms with Crippen LogP contribution < -0.4 is 5.32 Å². The number of nitrogens with zero attached hydrogens (tertiary/aromatic N) is 3. The van der Waals surface area contributed by atoms with Crippen molar-refractivity contribution >= 4 is 16.6 Å². The Hall–Kier alpha value is -2.66. The van der Waals surface area contributed by atoms with Gasteiger partial charge in [0.25, 0.3) is 0 Å². The lowest BCUT2D eigenvalue weighted by Gasteiger charge is -2.02. The van der Waals surface area contributed by atoms with Gasteiger partial charge in [0.15, 0.2) is 11.5 Å². The van der Waals surface area contributed by atoms with Crippen LogP contribution >= 0.6 is 0 Å². The molecule has 104 valence electrons. The predicted octanol–water partition coefficient (Wildman–Crippen LogP) is 2.77. The summed E-state index contributed by atoms with van der Waals surface area (Å²) in [5, 5.41) is 12.9. The molecule has 5 nitrogen and oxygen atoms in total. The van der Waals surface area contributed by atoms with Crippen molar-refractivity contribution in [2.24, 2.45) is 0 Å². The van der Waals surface area contributed by atoms with Gasteiger partial charge >= 0.3 is 0 Å². The molecule has 1 N–H and O–H groups in total. The van der Waals surface area contributed by atoms with E-state index in [1.54, 1.807) is 6.26 Å². The highest BCUT2D eigenvalue weighted by molar-refractivity contribution is 5.80. The van der Waals surface area contributed by atoms with Crippen molar-refractivity contribution in [1.82, 2.24) is 19.9 Å². The molecule has 0 radical (unpaired) electrons. The SMILES string of the molecule is c1ccc2c(CNCc3nnc4ccccn34)coc2c1. The third kappa shape index (κ3) is 2.17. The maximum Gasteiger partial charge on any atom is 0.160 e. The number of para-hydroxylation sites is 1. The molecule has 4 aromatic rings. The number of rotatable bonds is 4. The second-order valence-electron chi connectivity index (χ2n) is 4.91. The van der Waals surface area contributed by atoms with Crippen LogP contribution in [0.25, 0.3) is 16.6 Å². The van der Waals surface area contributed by atoms with E-state index in [1.807, 2.05) is 47.0 Å². The van der Waals surface area contributed by atoms with Crippen LogP contribution in [0.4, 0.5) is 0 Å². The van der Waals surface area contributed by atoms with Crippen molar-refractivity contribution in [3.05, 3.63) is 66.3 Å². The Balaban J connectivity index is 1.50. The summed E-state index contributed by atoms with van der Waals surface area (Å²) in [5.74, 6) is 0.901. The highest BCUT2D eigenvalue weighted by Gasteiger charge is 2.06. The van der Waals surface area contributed by atoms with E-state index in [0.717, 1.165) is 34.5 Å². The Morgan fingerprint density at radius 3 is 2.90 bits per heavy atom. The highest BCUT2D eigenvalue weighted by atomic mass is 16.3. The van der Waals surface area contributed by atoms with Gasteiger partial charge in [0.05, 0.1) is 12.8 Å². The summed E-state index contributed by atoms with van der Waals surface area (Å²) >= 11 is 0. The maximum absolute atomic E-state index is 5.53. The standard InChI is InChI=1S/C16H14N4O/c1-2-6-14-13(5-1)12(11-21-14)9-17-10-16-19-18-15-7-3-4-8-20(15)16/h1-8,11,17H,9-10H2. The Morgan fingerprint density at radius 1 is 1.00 bits per heavy atom. The van der Waals surface area contributed by atoms with Gasteiger partial charge in [-0.2, -0.15) is 0 Å². The van der Waals surface area contributed by atoms with E-state index in [-0.39, 0.29) is 0 Å². The molecule has 0 aliphatic rings. The van der Waals surface area contributed by atoms with Gasteiger partial charge in [-0.3, -0.25) is 4.40 Å². The van der Waals surface area contributed by atoms with Gasteiger partial charge < -0.3 is 9.73 Å². The minimum absolute atomic E-state index is 0.657. The van der Waals surface area contributed by atoms with E-state index in [2.05, 4.69) is 21.6 Å². The van der Waals surface area contributed by atoms with Gasteiger partial charge in [-0.1, -0.05) is 24.3 Å². The quantitative estimate of drug-likeness (QED) is 0.623. The number of aromatic nitrogens is 3. The summed E-state index contributed by atoms with van der Waals surface area (Å²) in [6.45, 7) is 1.39. The number of hydrogen-bond acceptors (Lipinski definition) is 4. The molecule has 4 rings (SSSR count). The summed E-state index contributed by atoms with van der Waals surface area (Å²) in [6, 6.07) is 13.9. The van der Waals surface area contributed by atoms with E-state index >= 15 is 0 Å². The molecule has 0 amide bonds. The van der Waals surface area contributed by atoms with Gasteiger partial charge in [-0.15, -0.1) is 10.2 Å². The lowest BCUT2D eigenvalue weighted by atomic mass is 10.2. The first kappa shape index (κ1) is 12.1. The molecule has 3 aromatic heterocycles. The van der Waals surface area contributed by atoms with E-state index in [0.29, 0.717) is 6.54 Å². The van der Waals surface area contributed by atoms with Crippen LogP contribution in [0.15, 0.2) is 59.3 Å². The number of hydrogen-bond donors (Lipinski definition) is 1. The van der Waals surface area contributed by atoms with Gasteiger partial charge in [-0.05, 0) is 18.2 Å². The Kier molecular flexibility index (Phi) is 2.90. The van der Waals surface area contributed by atoms with Gasteiger partial charge in [-0.25, -0.2) is 0 Å². The smallest absolute Gasteiger partial charge is 0.160 e. The molecule has 0 unspecified atom stereocenters. The van der Waals surface area contributed by atoms with Crippen LogP contribution in [0.2, 0.25) is 0 Å². The second-order valence-corrected chi connectivity index (χ2v) is 4.91. The molecule has 0 bridgehead atoms. The van der Waals surface area contributed by atoms with Crippen LogP contribution in [0, 0.1) is 0 Å². The molecule has 21 heavy (non-hydrogen) atoms. The number of furan rings is 1. The van der Waals surface area contributed by atoms with Gasteiger partial charge in [0.1, 0.15) is 5.58 Å². The molecule has 1 aromatic carbocycles. The minimum atomic E-state index is 0.657. The fourth-order valence-corrected chi connectivity index (χ4v) is 2.49. The Labute approximate surface area is 121 Å². The molecule has 0 saturated carbocycles. The van der Waals surface area contributed by atoms with Crippen molar-refractivity contribution in [3.63, 3.8) is 0 Å². The van der Waals surface area contributed by atoms with Crippen LogP contribution in [0.1, 0.15) is 11.4 Å². The molecule has 0 aliphatic heterocycles. The van der Waals surface area contributed by atoms with E-state index in [9.17, 15) is 0 Å². The lowest BCUT2D eigenvalue weighted by Crippen LogP contribution is -2.14. The average Bonchev–Trinajstić information content (AvgIpc) is 3.13. The topological polar surface area (TPSA) is 55.4 Å². The normalized spacial score (nSPS) is 11.4. The molecule has 0 aliphatic carbocycles. The first-order chi connectivity index (χ1) is 10.4. The summed E-state index contributed by atoms with van der Waals surface area (Å²) in [5.41, 5.74) is 2.93. The summed E-state index contributed by atoms with van der Waals surface area (Å²) in [4.78, 5) is 0. The molecular weight excluding hydrogens is 264 g/mol. The number of pyridine rings is 1. The first-order valence-electron chi connectivity index (χ1n) is 6.86. The first-order valence-corrected chi connectivity index (χ1v) is 6.86. The monoisotopic (exact) mass is 278 g/mol. The van der Waals surface area contributed by atoms with Crippen LogP contribution in [0.3, 0.4) is 0 Å². The molecule has 0 spiro atoms. The van der Waals surface area contributed by atoms with E-state index in [4.69, 9.17) is 4.42 Å². The van der Waals surface area contributed by atoms with E-state index in [1.165, 1.54) is 0 Å².